The molecular weight excluding hydrogens is 136 g/mol. The third-order valence-electron chi connectivity index (χ3n) is 0.807. The van der Waals surface area contributed by atoms with Crippen molar-refractivity contribution in [2.75, 3.05) is 5.75 Å². The van der Waals surface area contributed by atoms with Gasteiger partial charge in [-0.1, -0.05) is 0 Å². The number of carbonyl (C=O) groups excluding carboxylic acids is 2. The van der Waals surface area contributed by atoms with Crippen molar-refractivity contribution in [1.82, 2.24) is 0 Å². The standard InChI is InChI=1S/C6H10O2S/c1-6(2,5-8)9-4-3-7/h3,5H,4H2,1-2H3. The van der Waals surface area contributed by atoms with Gasteiger partial charge in [-0.15, -0.1) is 11.8 Å². The normalized spacial score (nSPS) is 10.9. The molecule has 0 bridgehead atoms. The SMILES string of the molecule is CC(C)(C=O)SCC=O. The Hall–Kier alpha value is -0.310. The Kier molecular flexibility index (Phi) is 3.54. The summed E-state index contributed by atoms with van der Waals surface area (Å²) in [6.07, 6.45) is 1.65. The first kappa shape index (κ1) is 8.69. The fourth-order valence-corrected chi connectivity index (χ4v) is 0.848. The van der Waals surface area contributed by atoms with Crippen molar-refractivity contribution in [3.05, 3.63) is 0 Å². The van der Waals surface area contributed by atoms with Crippen molar-refractivity contribution in [3.8, 4) is 0 Å². The van der Waals surface area contributed by atoms with Crippen LogP contribution in [-0.4, -0.2) is 23.1 Å². The van der Waals surface area contributed by atoms with Gasteiger partial charge >= 0.3 is 0 Å². The highest BCUT2D eigenvalue weighted by molar-refractivity contribution is 8.01. The summed E-state index contributed by atoms with van der Waals surface area (Å²) in [6, 6.07) is 0. The van der Waals surface area contributed by atoms with E-state index >= 15 is 0 Å². The number of hydrogen-bond donors (Lipinski definition) is 0. The summed E-state index contributed by atoms with van der Waals surface area (Å²) in [5.41, 5.74) is 0. The van der Waals surface area contributed by atoms with Crippen LogP contribution in [-0.2, 0) is 9.59 Å². The lowest BCUT2D eigenvalue weighted by atomic mass is 10.2. The molecule has 9 heavy (non-hydrogen) atoms. The predicted molar refractivity (Wildman–Crippen MR) is 38.7 cm³/mol. The zero-order chi connectivity index (χ0) is 7.33. The third-order valence-corrected chi connectivity index (χ3v) is 1.95. The van der Waals surface area contributed by atoms with Crippen molar-refractivity contribution < 1.29 is 9.59 Å². The Labute approximate surface area is 59.0 Å². The average Bonchev–Trinajstić information content (AvgIpc) is 1.84. The Bertz CT molecular complexity index is 110. The number of carbonyl (C=O) groups is 2. The van der Waals surface area contributed by atoms with E-state index < -0.39 is 4.75 Å². The lowest BCUT2D eigenvalue weighted by Crippen LogP contribution is -2.16. The highest BCUT2D eigenvalue weighted by atomic mass is 32.2. The minimum atomic E-state index is -0.402. The number of thioether (sulfide) groups is 1. The van der Waals surface area contributed by atoms with E-state index in [2.05, 4.69) is 0 Å². The van der Waals surface area contributed by atoms with Gasteiger partial charge < -0.3 is 9.59 Å². The number of hydrogen-bond acceptors (Lipinski definition) is 3. The van der Waals surface area contributed by atoms with Gasteiger partial charge in [-0.3, -0.25) is 0 Å². The minimum absolute atomic E-state index is 0.395. The van der Waals surface area contributed by atoms with Gasteiger partial charge in [0.15, 0.2) is 0 Å². The summed E-state index contributed by atoms with van der Waals surface area (Å²) < 4.78 is -0.402. The second-order valence-electron chi connectivity index (χ2n) is 2.20. The van der Waals surface area contributed by atoms with Crippen molar-refractivity contribution in [2.45, 2.75) is 18.6 Å². The first-order valence-electron chi connectivity index (χ1n) is 2.66. The van der Waals surface area contributed by atoms with Crippen LogP contribution >= 0.6 is 11.8 Å². The summed E-state index contributed by atoms with van der Waals surface area (Å²) >= 11 is 1.34. The average molecular weight is 146 g/mol. The van der Waals surface area contributed by atoms with Crippen LogP contribution in [0.1, 0.15) is 13.8 Å². The van der Waals surface area contributed by atoms with E-state index in [1.54, 1.807) is 13.8 Å². The molecule has 0 amide bonds. The molecule has 3 heteroatoms. The lowest BCUT2D eigenvalue weighted by Gasteiger charge is -2.12. The van der Waals surface area contributed by atoms with Gasteiger partial charge in [0.1, 0.15) is 12.6 Å². The molecule has 0 heterocycles. The maximum atomic E-state index is 10.2. The molecule has 2 nitrogen and oxygen atoms in total. The van der Waals surface area contributed by atoms with E-state index in [1.165, 1.54) is 11.8 Å². The largest absolute Gasteiger partial charge is 0.302 e. The Balaban J connectivity index is 3.57. The molecule has 0 aliphatic rings. The predicted octanol–water partition coefficient (Wildman–Crippen LogP) is 0.896. The lowest BCUT2D eigenvalue weighted by molar-refractivity contribution is -0.109. The van der Waals surface area contributed by atoms with Crippen LogP contribution in [0.4, 0.5) is 0 Å². The molecule has 0 aromatic carbocycles. The smallest absolute Gasteiger partial charge is 0.135 e. The van der Waals surface area contributed by atoms with E-state index in [4.69, 9.17) is 0 Å². The Morgan fingerprint density at radius 1 is 1.44 bits per heavy atom. The van der Waals surface area contributed by atoms with Crippen LogP contribution in [0.15, 0.2) is 0 Å². The van der Waals surface area contributed by atoms with Crippen LogP contribution in [0.2, 0.25) is 0 Å². The number of rotatable bonds is 4. The zero-order valence-corrected chi connectivity index (χ0v) is 6.40. The molecule has 0 spiro atoms. The van der Waals surface area contributed by atoms with E-state index in [9.17, 15) is 9.59 Å². The molecule has 0 aliphatic carbocycles. The minimum Gasteiger partial charge on any atom is -0.302 e. The van der Waals surface area contributed by atoms with Crippen LogP contribution in [0.3, 0.4) is 0 Å². The molecule has 0 fully saturated rings. The molecule has 0 atom stereocenters. The van der Waals surface area contributed by atoms with Gasteiger partial charge in [-0.05, 0) is 13.8 Å². The van der Waals surface area contributed by atoms with Crippen LogP contribution < -0.4 is 0 Å². The molecule has 0 rings (SSSR count). The highest BCUT2D eigenvalue weighted by Crippen LogP contribution is 2.19. The second kappa shape index (κ2) is 3.67. The Morgan fingerprint density at radius 2 is 2.00 bits per heavy atom. The zero-order valence-electron chi connectivity index (χ0n) is 5.59. The summed E-state index contributed by atoms with van der Waals surface area (Å²) in [7, 11) is 0. The van der Waals surface area contributed by atoms with Gasteiger partial charge in [0.25, 0.3) is 0 Å². The molecular formula is C6H10O2S. The monoisotopic (exact) mass is 146 g/mol. The van der Waals surface area contributed by atoms with Crippen LogP contribution in [0, 0.1) is 0 Å². The third kappa shape index (κ3) is 4.21. The maximum Gasteiger partial charge on any atom is 0.135 e. The highest BCUT2D eigenvalue weighted by Gasteiger charge is 2.15. The molecule has 0 aliphatic heterocycles. The van der Waals surface area contributed by atoms with Crippen molar-refractivity contribution in [2.24, 2.45) is 0 Å². The summed E-state index contributed by atoms with van der Waals surface area (Å²) in [5.74, 6) is 0.395. The van der Waals surface area contributed by atoms with Gasteiger partial charge in [0, 0.05) is 0 Å². The van der Waals surface area contributed by atoms with Crippen molar-refractivity contribution >= 4 is 24.3 Å². The molecule has 0 radical (unpaired) electrons. The van der Waals surface area contributed by atoms with Gasteiger partial charge in [-0.2, -0.15) is 0 Å². The fraction of sp³-hybridized carbons (Fsp3) is 0.667. The topological polar surface area (TPSA) is 34.1 Å². The summed E-state index contributed by atoms with van der Waals surface area (Å²) in [6.45, 7) is 3.57. The summed E-state index contributed by atoms with van der Waals surface area (Å²) in [5, 5.41) is 0. The van der Waals surface area contributed by atoms with Crippen molar-refractivity contribution in [1.29, 1.82) is 0 Å². The Morgan fingerprint density at radius 3 is 2.33 bits per heavy atom. The first-order valence-corrected chi connectivity index (χ1v) is 3.65. The molecule has 0 unspecified atom stereocenters. The maximum absolute atomic E-state index is 10.2. The van der Waals surface area contributed by atoms with E-state index in [0.717, 1.165) is 12.6 Å². The summed E-state index contributed by atoms with van der Waals surface area (Å²) in [4.78, 5) is 20.0. The molecule has 0 aromatic rings. The van der Waals surface area contributed by atoms with Crippen molar-refractivity contribution in [3.63, 3.8) is 0 Å². The van der Waals surface area contributed by atoms with Gasteiger partial charge in [-0.25, -0.2) is 0 Å². The van der Waals surface area contributed by atoms with Gasteiger partial charge in [0.2, 0.25) is 0 Å². The first-order chi connectivity index (χ1) is 4.12. The van der Waals surface area contributed by atoms with E-state index in [1.807, 2.05) is 0 Å². The van der Waals surface area contributed by atoms with E-state index in [0.29, 0.717) is 5.75 Å². The molecule has 52 valence electrons. The number of aldehydes is 2. The fourth-order valence-electron chi connectivity index (χ4n) is 0.283. The van der Waals surface area contributed by atoms with Gasteiger partial charge in [0.05, 0.1) is 10.5 Å². The molecule has 0 aromatic heterocycles. The van der Waals surface area contributed by atoms with Crippen LogP contribution in [0.5, 0.6) is 0 Å². The second-order valence-corrected chi connectivity index (χ2v) is 3.87. The molecule has 0 N–H and O–H groups in total. The molecule has 0 saturated carbocycles. The molecule has 0 saturated heterocycles. The quantitative estimate of drug-likeness (QED) is 0.552. The van der Waals surface area contributed by atoms with E-state index in [-0.39, 0.29) is 0 Å². The van der Waals surface area contributed by atoms with Crippen LogP contribution in [0.25, 0.3) is 0 Å².